The Morgan fingerprint density at radius 2 is 1.85 bits per heavy atom. The highest BCUT2D eigenvalue weighted by molar-refractivity contribution is 5.91. The van der Waals surface area contributed by atoms with E-state index in [0.29, 0.717) is 12.3 Å². The molecule has 0 unspecified atom stereocenters. The number of hydrogen-bond acceptors (Lipinski definition) is 3. The predicted octanol–water partition coefficient (Wildman–Crippen LogP) is 3.97. The summed E-state index contributed by atoms with van der Waals surface area (Å²) < 4.78 is 0. The minimum Gasteiger partial charge on any atom is -0.481 e. The van der Waals surface area contributed by atoms with E-state index in [2.05, 4.69) is 13.8 Å². The molecule has 144 valence electrons. The Morgan fingerprint density at radius 3 is 2.54 bits per heavy atom. The van der Waals surface area contributed by atoms with E-state index >= 15 is 0 Å². The Balaban J connectivity index is 1.70. The summed E-state index contributed by atoms with van der Waals surface area (Å²) in [7, 11) is 0. The molecule has 0 heterocycles. The van der Waals surface area contributed by atoms with E-state index in [-0.39, 0.29) is 34.4 Å². The van der Waals surface area contributed by atoms with Gasteiger partial charge in [0.25, 0.3) is 0 Å². The first-order valence-corrected chi connectivity index (χ1v) is 10.3. The molecule has 3 fully saturated rings. The van der Waals surface area contributed by atoms with Gasteiger partial charge in [0.2, 0.25) is 0 Å². The van der Waals surface area contributed by atoms with Crippen LogP contribution in [-0.4, -0.2) is 27.6 Å². The highest BCUT2D eigenvalue weighted by Crippen LogP contribution is 2.68. The number of hydrogen-bond donors (Lipinski definition) is 2. The van der Waals surface area contributed by atoms with Crippen LogP contribution >= 0.6 is 0 Å². The number of carbonyl (C=O) groups is 2. The fourth-order valence-corrected chi connectivity index (χ4v) is 7.53. The summed E-state index contributed by atoms with van der Waals surface area (Å²) in [5, 5.41) is 21.5. The van der Waals surface area contributed by atoms with Gasteiger partial charge in [0.1, 0.15) is 0 Å². The zero-order chi connectivity index (χ0) is 18.9. The van der Waals surface area contributed by atoms with Crippen molar-refractivity contribution in [2.45, 2.75) is 77.7 Å². The van der Waals surface area contributed by atoms with Crippen LogP contribution in [0.15, 0.2) is 11.6 Å². The van der Waals surface area contributed by atoms with Crippen LogP contribution in [0.1, 0.15) is 72.1 Å². The Kier molecular flexibility index (Phi) is 3.97. The number of carboxylic acids is 1. The van der Waals surface area contributed by atoms with Gasteiger partial charge in [-0.05, 0) is 74.2 Å². The van der Waals surface area contributed by atoms with Crippen LogP contribution in [0.5, 0.6) is 0 Å². The zero-order valence-corrected chi connectivity index (χ0v) is 16.3. The van der Waals surface area contributed by atoms with Gasteiger partial charge in [0.05, 0.1) is 11.5 Å². The molecule has 0 aromatic carbocycles. The maximum Gasteiger partial charge on any atom is 0.306 e. The molecule has 26 heavy (non-hydrogen) atoms. The number of carboxylic acid groups (broad SMARTS) is 1. The van der Waals surface area contributed by atoms with Gasteiger partial charge in [-0.3, -0.25) is 9.59 Å². The topological polar surface area (TPSA) is 74.6 Å². The number of aliphatic hydroxyl groups is 1. The summed E-state index contributed by atoms with van der Waals surface area (Å²) in [6, 6.07) is 0. The minimum atomic E-state index is -0.747. The van der Waals surface area contributed by atoms with E-state index in [1.807, 2.05) is 13.0 Å². The van der Waals surface area contributed by atoms with Gasteiger partial charge in [-0.25, -0.2) is 0 Å². The second kappa shape index (κ2) is 5.67. The Bertz CT molecular complexity index is 682. The van der Waals surface area contributed by atoms with E-state index in [1.54, 1.807) is 0 Å². The van der Waals surface area contributed by atoms with E-state index in [0.717, 1.165) is 50.5 Å². The van der Waals surface area contributed by atoms with Crippen molar-refractivity contribution in [1.29, 1.82) is 0 Å². The standard InChI is InChI=1S/C22H32O4/c1-13(19(24)25)16-6-7-17-18-5-4-14-12-15(23)8-9-21(14,3)22(18,26)11-10-20(16,17)2/h12-13,16-18,26H,4-11H2,1-3H3,(H,24,25)/t13-,16+,17-,18-,20+,21-,22+/m0/s1. The highest BCUT2D eigenvalue weighted by Gasteiger charge is 2.66. The van der Waals surface area contributed by atoms with Crippen LogP contribution < -0.4 is 0 Å². The molecule has 0 aromatic rings. The summed E-state index contributed by atoms with van der Waals surface area (Å²) in [6.45, 7) is 6.32. The van der Waals surface area contributed by atoms with Crippen molar-refractivity contribution in [2.24, 2.45) is 34.5 Å². The third-order valence-electron chi connectivity index (χ3n) is 9.22. The molecule has 0 bridgehead atoms. The molecule has 0 aliphatic heterocycles. The van der Waals surface area contributed by atoms with E-state index < -0.39 is 11.6 Å². The van der Waals surface area contributed by atoms with Crippen LogP contribution in [0.2, 0.25) is 0 Å². The van der Waals surface area contributed by atoms with E-state index in [1.165, 1.54) is 0 Å². The lowest BCUT2D eigenvalue weighted by Crippen LogP contribution is -2.63. The maximum absolute atomic E-state index is 12.0. The first kappa shape index (κ1) is 18.2. The van der Waals surface area contributed by atoms with Gasteiger partial charge < -0.3 is 10.2 Å². The second-order valence-electron chi connectivity index (χ2n) is 9.96. The maximum atomic E-state index is 12.0. The monoisotopic (exact) mass is 360 g/mol. The number of fused-ring (bicyclic) bond motifs is 5. The van der Waals surface area contributed by atoms with Gasteiger partial charge in [-0.1, -0.05) is 26.3 Å². The quantitative estimate of drug-likeness (QED) is 0.781. The number of carbonyl (C=O) groups excluding carboxylic acids is 1. The lowest BCUT2D eigenvalue weighted by atomic mass is 9.44. The largest absolute Gasteiger partial charge is 0.481 e. The third kappa shape index (κ3) is 2.17. The van der Waals surface area contributed by atoms with Gasteiger partial charge in [-0.15, -0.1) is 0 Å². The van der Waals surface area contributed by atoms with Crippen molar-refractivity contribution in [1.82, 2.24) is 0 Å². The first-order valence-electron chi connectivity index (χ1n) is 10.3. The summed E-state index contributed by atoms with van der Waals surface area (Å²) >= 11 is 0. The molecule has 0 aromatic heterocycles. The second-order valence-corrected chi connectivity index (χ2v) is 9.96. The molecular formula is C22H32O4. The van der Waals surface area contributed by atoms with Gasteiger partial charge in [0, 0.05) is 11.8 Å². The molecule has 0 radical (unpaired) electrons. The molecule has 4 nitrogen and oxygen atoms in total. The van der Waals surface area contributed by atoms with Crippen LogP contribution in [0.3, 0.4) is 0 Å². The Labute approximate surface area is 156 Å². The number of aliphatic carboxylic acids is 1. The number of ketones is 1. The lowest BCUT2D eigenvalue weighted by Gasteiger charge is -2.63. The van der Waals surface area contributed by atoms with Crippen molar-refractivity contribution in [3.8, 4) is 0 Å². The van der Waals surface area contributed by atoms with Gasteiger partial charge >= 0.3 is 5.97 Å². The zero-order valence-electron chi connectivity index (χ0n) is 16.3. The minimum absolute atomic E-state index is 0.0107. The molecule has 3 saturated carbocycles. The van der Waals surface area contributed by atoms with Crippen molar-refractivity contribution in [3.05, 3.63) is 11.6 Å². The van der Waals surface area contributed by atoms with Crippen LogP contribution in [0.25, 0.3) is 0 Å². The summed E-state index contributed by atoms with van der Waals surface area (Å²) in [4.78, 5) is 23.6. The van der Waals surface area contributed by atoms with E-state index in [9.17, 15) is 19.8 Å². The Morgan fingerprint density at radius 1 is 1.12 bits per heavy atom. The van der Waals surface area contributed by atoms with Crippen molar-refractivity contribution in [2.75, 3.05) is 0 Å². The van der Waals surface area contributed by atoms with Gasteiger partial charge in [0.15, 0.2) is 5.78 Å². The van der Waals surface area contributed by atoms with Crippen molar-refractivity contribution >= 4 is 11.8 Å². The highest BCUT2D eigenvalue weighted by atomic mass is 16.4. The molecule has 2 N–H and O–H groups in total. The molecule has 7 atom stereocenters. The first-order chi connectivity index (χ1) is 12.1. The summed E-state index contributed by atoms with van der Waals surface area (Å²) in [5.74, 6) is 0.0118. The fraction of sp³-hybridized carbons (Fsp3) is 0.818. The van der Waals surface area contributed by atoms with Crippen LogP contribution in [-0.2, 0) is 9.59 Å². The van der Waals surface area contributed by atoms with Crippen molar-refractivity contribution < 1.29 is 19.8 Å². The third-order valence-corrected chi connectivity index (χ3v) is 9.22. The normalized spacial score (nSPS) is 48.8. The van der Waals surface area contributed by atoms with Gasteiger partial charge in [-0.2, -0.15) is 0 Å². The molecule has 0 amide bonds. The summed E-state index contributed by atoms with van der Waals surface area (Å²) in [5.41, 5.74) is 0.131. The average Bonchev–Trinajstić information content (AvgIpc) is 2.93. The average molecular weight is 360 g/mol. The molecule has 4 heteroatoms. The Hall–Kier alpha value is -1.16. The molecule has 4 aliphatic rings. The van der Waals surface area contributed by atoms with E-state index in [4.69, 9.17) is 0 Å². The number of rotatable bonds is 2. The fourth-order valence-electron chi connectivity index (χ4n) is 7.53. The summed E-state index contributed by atoms with van der Waals surface area (Å²) in [6.07, 6.45) is 8.55. The molecular weight excluding hydrogens is 328 g/mol. The van der Waals surface area contributed by atoms with Crippen molar-refractivity contribution in [3.63, 3.8) is 0 Å². The van der Waals surface area contributed by atoms with Crippen LogP contribution in [0.4, 0.5) is 0 Å². The molecule has 4 aliphatic carbocycles. The lowest BCUT2D eigenvalue weighted by molar-refractivity contribution is -0.194. The smallest absolute Gasteiger partial charge is 0.306 e. The van der Waals surface area contributed by atoms with Crippen LogP contribution in [0, 0.1) is 34.5 Å². The molecule has 4 rings (SSSR count). The molecule has 0 spiro atoms. The SMILES string of the molecule is C[C@H](C(=O)O)[C@H]1CC[C@H]2[C@@H]3CCC4=CC(=O)CC[C@]4(C)[C@@]3(O)CC[C@]12C. The predicted molar refractivity (Wildman–Crippen MR) is 98.5 cm³/mol. The molecule has 0 saturated heterocycles.